The predicted molar refractivity (Wildman–Crippen MR) is 83.2 cm³/mol. The Balaban J connectivity index is 2.57. The number of likely N-dealkylation sites (tertiary alicyclic amines) is 1. The Kier molecular flexibility index (Phi) is 6.05. The molecule has 1 rings (SSSR count). The Morgan fingerprint density at radius 1 is 1.48 bits per heavy atom. The van der Waals surface area contributed by atoms with Gasteiger partial charge in [0.1, 0.15) is 11.7 Å². The molecule has 0 aromatic rings. The van der Waals surface area contributed by atoms with Gasteiger partial charge in [-0.25, -0.2) is 4.79 Å². The summed E-state index contributed by atoms with van der Waals surface area (Å²) in [6, 6.07) is 0. The summed E-state index contributed by atoms with van der Waals surface area (Å²) < 4.78 is 11.1. The van der Waals surface area contributed by atoms with E-state index in [0.29, 0.717) is 19.0 Å². The molecule has 1 heterocycles. The van der Waals surface area contributed by atoms with Gasteiger partial charge in [0.2, 0.25) is 0 Å². The van der Waals surface area contributed by atoms with Crippen LogP contribution in [0.1, 0.15) is 40.5 Å². The van der Waals surface area contributed by atoms with Gasteiger partial charge in [0, 0.05) is 31.8 Å². The first-order valence-electron chi connectivity index (χ1n) is 7.32. The minimum atomic E-state index is -0.484. The minimum absolute atomic E-state index is 0.0932. The van der Waals surface area contributed by atoms with Crippen LogP contribution in [0.25, 0.3) is 0 Å². The maximum absolute atomic E-state index is 12.0. The fourth-order valence-corrected chi connectivity index (χ4v) is 2.06. The molecule has 0 bridgehead atoms. The van der Waals surface area contributed by atoms with Crippen LogP contribution in [0.3, 0.4) is 0 Å². The molecule has 0 spiro atoms. The zero-order valence-corrected chi connectivity index (χ0v) is 13.7. The molecule has 2 N–H and O–H groups in total. The third-order valence-corrected chi connectivity index (χ3v) is 3.07. The first-order chi connectivity index (χ1) is 9.76. The van der Waals surface area contributed by atoms with Crippen molar-refractivity contribution in [2.45, 2.75) is 52.2 Å². The summed E-state index contributed by atoms with van der Waals surface area (Å²) >= 11 is 0. The van der Waals surface area contributed by atoms with Crippen LogP contribution in [0.15, 0.2) is 16.4 Å². The number of ether oxygens (including phenoxy) is 2. The summed E-state index contributed by atoms with van der Waals surface area (Å²) in [4.78, 5) is 17.6. The largest absolute Gasteiger partial charge is 0.474 e. The van der Waals surface area contributed by atoms with Crippen molar-refractivity contribution in [1.29, 1.82) is 0 Å². The van der Waals surface area contributed by atoms with Crippen LogP contribution >= 0.6 is 0 Å². The van der Waals surface area contributed by atoms with Gasteiger partial charge in [0.05, 0.1) is 6.54 Å². The Morgan fingerprint density at radius 3 is 2.67 bits per heavy atom. The second-order valence-corrected chi connectivity index (χ2v) is 6.09. The van der Waals surface area contributed by atoms with Crippen molar-refractivity contribution in [2.75, 3.05) is 20.1 Å². The molecule has 1 atom stereocenters. The number of rotatable bonds is 4. The van der Waals surface area contributed by atoms with Gasteiger partial charge in [0.25, 0.3) is 0 Å². The quantitative estimate of drug-likeness (QED) is 0.638. The van der Waals surface area contributed by atoms with Gasteiger partial charge in [-0.05, 0) is 27.2 Å². The lowest BCUT2D eigenvalue weighted by molar-refractivity contribution is 0.0256. The SMILES string of the molecule is CC/C(C=NC)=C(\N)O[C@H]1CCN(C(=O)OC(C)(C)C)C1. The summed E-state index contributed by atoms with van der Waals surface area (Å²) in [6.45, 7) is 8.68. The molecule has 0 aliphatic carbocycles. The Labute approximate surface area is 127 Å². The van der Waals surface area contributed by atoms with Gasteiger partial charge >= 0.3 is 6.09 Å². The maximum atomic E-state index is 12.0. The maximum Gasteiger partial charge on any atom is 0.410 e. The number of nitrogens with zero attached hydrogens (tertiary/aromatic N) is 2. The van der Waals surface area contributed by atoms with Crippen LogP contribution in [-0.2, 0) is 9.47 Å². The van der Waals surface area contributed by atoms with E-state index in [2.05, 4.69) is 4.99 Å². The molecule has 1 saturated heterocycles. The Morgan fingerprint density at radius 2 is 2.14 bits per heavy atom. The highest BCUT2D eigenvalue weighted by molar-refractivity contribution is 5.78. The van der Waals surface area contributed by atoms with Crippen molar-refractivity contribution in [2.24, 2.45) is 10.7 Å². The first-order valence-corrected chi connectivity index (χ1v) is 7.32. The van der Waals surface area contributed by atoms with Crippen molar-refractivity contribution in [3.8, 4) is 0 Å². The number of hydrogen-bond donors (Lipinski definition) is 1. The predicted octanol–water partition coefficient (Wildman–Crippen LogP) is 2.29. The molecular formula is C15H27N3O3. The van der Waals surface area contributed by atoms with Crippen molar-refractivity contribution >= 4 is 12.3 Å². The number of hydrogen-bond acceptors (Lipinski definition) is 5. The van der Waals surface area contributed by atoms with E-state index >= 15 is 0 Å². The van der Waals surface area contributed by atoms with Crippen molar-refractivity contribution in [3.05, 3.63) is 11.5 Å². The molecule has 1 aliphatic rings. The molecule has 0 radical (unpaired) electrons. The number of nitrogens with two attached hydrogens (primary N) is 1. The summed E-state index contributed by atoms with van der Waals surface area (Å²) in [7, 11) is 1.70. The second-order valence-electron chi connectivity index (χ2n) is 6.09. The standard InChI is InChI=1S/C15H27N3O3/c1-6-11(9-17-5)13(16)20-12-7-8-18(10-12)14(19)21-15(2,3)4/h9,12H,6-8,10,16H2,1-5H3/b13-11-,17-9?/t12-/m0/s1. The van der Waals surface area contributed by atoms with Gasteiger partial charge in [0.15, 0.2) is 5.88 Å². The number of amides is 1. The second kappa shape index (κ2) is 7.33. The van der Waals surface area contributed by atoms with Crippen molar-refractivity contribution < 1.29 is 14.3 Å². The van der Waals surface area contributed by atoms with Gasteiger partial charge < -0.3 is 20.1 Å². The summed E-state index contributed by atoms with van der Waals surface area (Å²) in [5.41, 5.74) is 6.33. The molecule has 6 nitrogen and oxygen atoms in total. The third kappa shape index (κ3) is 5.65. The van der Waals surface area contributed by atoms with E-state index in [4.69, 9.17) is 15.2 Å². The van der Waals surface area contributed by atoms with Crippen molar-refractivity contribution in [1.82, 2.24) is 4.90 Å². The highest BCUT2D eigenvalue weighted by atomic mass is 16.6. The van der Waals surface area contributed by atoms with E-state index in [0.717, 1.165) is 18.4 Å². The lowest BCUT2D eigenvalue weighted by Gasteiger charge is -2.24. The third-order valence-electron chi connectivity index (χ3n) is 3.07. The summed E-state index contributed by atoms with van der Waals surface area (Å²) in [5, 5.41) is 0. The highest BCUT2D eigenvalue weighted by Crippen LogP contribution is 2.19. The van der Waals surface area contributed by atoms with Crippen LogP contribution in [0.4, 0.5) is 4.79 Å². The molecule has 120 valence electrons. The molecular weight excluding hydrogens is 270 g/mol. The molecule has 1 fully saturated rings. The molecule has 0 aromatic carbocycles. The number of carbonyl (C=O) groups is 1. The van der Waals surface area contributed by atoms with Gasteiger partial charge in [-0.1, -0.05) is 6.92 Å². The van der Waals surface area contributed by atoms with Gasteiger partial charge in [-0.2, -0.15) is 0 Å². The lowest BCUT2D eigenvalue weighted by Crippen LogP contribution is -2.36. The Hall–Kier alpha value is -1.72. The summed E-state index contributed by atoms with van der Waals surface area (Å²) in [6.07, 6.45) is 2.81. The van der Waals surface area contributed by atoms with Crippen LogP contribution in [-0.4, -0.2) is 49.0 Å². The normalized spacial score (nSPS) is 20.6. The van der Waals surface area contributed by atoms with Gasteiger partial charge in [-0.3, -0.25) is 4.99 Å². The highest BCUT2D eigenvalue weighted by Gasteiger charge is 2.31. The van der Waals surface area contributed by atoms with Crippen molar-refractivity contribution in [3.63, 3.8) is 0 Å². The fraction of sp³-hybridized carbons (Fsp3) is 0.733. The molecule has 0 saturated carbocycles. The lowest BCUT2D eigenvalue weighted by atomic mass is 10.2. The van der Waals surface area contributed by atoms with E-state index in [1.807, 2.05) is 27.7 Å². The Bertz CT molecular complexity index is 424. The fourth-order valence-electron chi connectivity index (χ4n) is 2.06. The van der Waals surface area contributed by atoms with Crippen LogP contribution in [0.5, 0.6) is 0 Å². The van der Waals surface area contributed by atoms with E-state index in [-0.39, 0.29) is 12.2 Å². The average Bonchev–Trinajstić information content (AvgIpc) is 2.82. The number of allylic oxidation sites excluding steroid dienone is 1. The van der Waals surface area contributed by atoms with Crippen LogP contribution in [0, 0.1) is 0 Å². The average molecular weight is 297 g/mol. The molecule has 0 aromatic heterocycles. The van der Waals surface area contributed by atoms with Crippen LogP contribution < -0.4 is 5.73 Å². The van der Waals surface area contributed by atoms with Crippen LogP contribution in [0.2, 0.25) is 0 Å². The van der Waals surface area contributed by atoms with E-state index in [9.17, 15) is 4.79 Å². The molecule has 1 aliphatic heterocycles. The number of carbonyl (C=O) groups excluding carboxylic acids is 1. The molecule has 0 unspecified atom stereocenters. The molecule has 1 amide bonds. The monoisotopic (exact) mass is 297 g/mol. The smallest absolute Gasteiger partial charge is 0.410 e. The zero-order chi connectivity index (χ0) is 16.0. The topological polar surface area (TPSA) is 77.2 Å². The van der Waals surface area contributed by atoms with E-state index in [1.54, 1.807) is 18.2 Å². The first kappa shape index (κ1) is 17.3. The number of aliphatic imine (C=N–C) groups is 1. The molecule has 6 heteroatoms. The summed E-state index contributed by atoms with van der Waals surface area (Å²) in [5.74, 6) is 0.388. The van der Waals surface area contributed by atoms with Gasteiger partial charge in [-0.15, -0.1) is 0 Å². The van der Waals surface area contributed by atoms with E-state index in [1.165, 1.54) is 0 Å². The minimum Gasteiger partial charge on any atom is -0.474 e. The molecule has 21 heavy (non-hydrogen) atoms. The van der Waals surface area contributed by atoms with E-state index < -0.39 is 5.60 Å². The zero-order valence-electron chi connectivity index (χ0n) is 13.7.